The standard InChI is InChI=1S/C40H55FN6O6S.Na/c1-42-39(50)34-28-31(41)24-23-30(34)29-44-40(51)37-32(20-16-14-12-10-8-6-4-3-5-7-9-11-13-15-17-22-35(48)49)36-33(21-18-25-43-36)38(45-37)47-27-19-26-46(2)54(47,52)53;/h3,5,18,21,23-25,28H,4,6-17,19-20,22,26-27,29H2,1-2H3,(H,42,50)(H,44,51)(H,48,49);/q;+1/p-1/b5-3-;. The zero-order valence-electron chi connectivity index (χ0n) is 32.6. The number of benzene rings is 1. The summed E-state index contributed by atoms with van der Waals surface area (Å²) in [6, 6.07) is 7.31. The third-order valence-corrected chi connectivity index (χ3v) is 11.6. The summed E-state index contributed by atoms with van der Waals surface area (Å²) in [7, 11) is -0.919. The van der Waals surface area contributed by atoms with E-state index in [1.54, 1.807) is 18.3 Å². The second-order valence-corrected chi connectivity index (χ2v) is 15.8. The molecule has 0 atom stereocenters. The van der Waals surface area contributed by atoms with Crippen molar-refractivity contribution in [2.24, 2.45) is 0 Å². The third-order valence-electron chi connectivity index (χ3n) is 9.74. The summed E-state index contributed by atoms with van der Waals surface area (Å²) in [5, 5.41) is 16.4. The van der Waals surface area contributed by atoms with Crippen molar-refractivity contribution in [1.82, 2.24) is 24.9 Å². The summed E-state index contributed by atoms with van der Waals surface area (Å²) in [6.07, 6.45) is 20.5. The summed E-state index contributed by atoms with van der Waals surface area (Å²) < 4.78 is 43.4. The number of carbonyl (C=O) groups is 3. The summed E-state index contributed by atoms with van der Waals surface area (Å²) in [5.41, 5.74) is 1.74. The van der Waals surface area contributed by atoms with Crippen molar-refractivity contribution in [3.8, 4) is 0 Å². The van der Waals surface area contributed by atoms with Crippen LogP contribution in [0.4, 0.5) is 10.2 Å². The van der Waals surface area contributed by atoms with Gasteiger partial charge in [0.2, 0.25) is 0 Å². The Balaban J connectivity index is 0.00000812. The Labute approximate surface area is 347 Å². The maximum atomic E-state index is 14.0. The Hall–Kier alpha value is -3.43. The van der Waals surface area contributed by atoms with Gasteiger partial charge in [0.15, 0.2) is 5.82 Å². The first kappa shape index (κ1) is 46.0. The molecule has 3 aromatic rings. The van der Waals surface area contributed by atoms with Crippen LogP contribution >= 0.6 is 0 Å². The van der Waals surface area contributed by atoms with Crippen LogP contribution in [0.3, 0.4) is 0 Å². The van der Waals surface area contributed by atoms with Gasteiger partial charge in [-0.3, -0.25) is 14.6 Å². The summed E-state index contributed by atoms with van der Waals surface area (Å²) >= 11 is 0. The molecule has 0 spiro atoms. The molecule has 1 aliphatic rings. The van der Waals surface area contributed by atoms with E-state index in [1.807, 2.05) is 0 Å². The topological polar surface area (TPSA) is 165 Å². The first-order valence-corrected chi connectivity index (χ1v) is 20.6. The Bertz CT molecular complexity index is 1880. The molecule has 0 unspecified atom stereocenters. The maximum absolute atomic E-state index is 14.0. The fourth-order valence-corrected chi connectivity index (χ4v) is 8.13. The van der Waals surface area contributed by atoms with E-state index in [0.29, 0.717) is 47.8 Å². The number of unbranched alkanes of at least 4 members (excludes halogenated alkanes) is 11. The number of amides is 2. The van der Waals surface area contributed by atoms with Gasteiger partial charge in [0, 0.05) is 62.4 Å². The summed E-state index contributed by atoms with van der Waals surface area (Å²) in [6.45, 7) is 0.509. The van der Waals surface area contributed by atoms with Crippen LogP contribution in [0, 0.1) is 5.82 Å². The number of aryl methyl sites for hydroxylation is 1. The molecule has 0 saturated carbocycles. The number of carboxylic acids is 1. The van der Waals surface area contributed by atoms with Crippen LogP contribution in [-0.2, 0) is 28.0 Å². The van der Waals surface area contributed by atoms with Crippen molar-refractivity contribution >= 4 is 44.7 Å². The first-order valence-electron chi connectivity index (χ1n) is 19.2. The van der Waals surface area contributed by atoms with Crippen molar-refractivity contribution in [3.63, 3.8) is 0 Å². The van der Waals surface area contributed by atoms with E-state index in [-0.39, 0.29) is 66.1 Å². The normalized spacial score (nSPS) is 14.2. The Kier molecular flexibility index (Phi) is 19.7. The van der Waals surface area contributed by atoms with Crippen LogP contribution < -0.4 is 49.6 Å². The molecule has 12 nitrogen and oxygen atoms in total. The number of nitrogens with zero attached hydrogens (tertiary/aromatic N) is 4. The molecule has 294 valence electrons. The van der Waals surface area contributed by atoms with E-state index in [9.17, 15) is 32.3 Å². The summed E-state index contributed by atoms with van der Waals surface area (Å²) in [4.78, 5) is 46.3. The van der Waals surface area contributed by atoms with Gasteiger partial charge < -0.3 is 20.5 Å². The third kappa shape index (κ3) is 13.6. The molecule has 0 bridgehead atoms. The van der Waals surface area contributed by atoms with Gasteiger partial charge in [0.1, 0.15) is 11.5 Å². The van der Waals surface area contributed by atoms with E-state index in [2.05, 4.69) is 27.8 Å². The zero-order valence-corrected chi connectivity index (χ0v) is 35.4. The molecule has 4 rings (SSSR count). The molecule has 15 heteroatoms. The molecular weight excluding hydrogens is 735 g/mol. The van der Waals surface area contributed by atoms with Gasteiger partial charge in [-0.05, 0) is 87.6 Å². The van der Waals surface area contributed by atoms with Gasteiger partial charge in [0.05, 0.1) is 5.52 Å². The molecule has 1 saturated heterocycles. The maximum Gasteiger partial charge on any atom is 1.00 e. The molecule has 3 heterocycles. The molecule has 1 aromatic carbocycles. The Morgan fingerprint density at radius 1 is 0.909 bits per heavy atom. The molecule has 2 N–H and O–H groups in total. The average Bonchev–Trinajstić information content (AvgIpc) is 3.16. The van der Waals surface area contributed by atoms with Crippen molar-refractivity contribution in [2.75, 3.05) is 31.5 Å². The van der Waals surface area contributed by atoms with Gasteiger partial charge >= 0.3 is 39.8 Å². The number of allylic oxidation sites excluding steroid dienone is 2. The van der Waals surface area contributed by atoms with E-state index >= 15 is 0 Å². The van der Waals surface area contributed by atoms with Crippen molar-refractivity contribution in [3.05, 3.63) is 76.9 Å². The van der Waals surface area contributed by atoms with E-state index in [1.165, 1.54) is 34.8 Å². The van der Waals surface area contributed by atoms with E-state index < -0.39 is 33.8 Å². The van der Waals surface area contributed by atoms with E-state index in [4.69, 9.17) is 4.98 Å². The van der Waals surface area contributed by atoms with Crippen LogP contribution in [0.1, 0.15) is 128 Å². The number of carbonyl (C=O) groups excluding carboxylic acids is 3. The molecule has 1 aliphatic heterocycles. The number of hydrogen-bond acceptors (Lipinski definition) is 8. The number of aliphatic carboxylic acids is 1. The largest absolute Gasteiger partial charge is 1.00 e. The van der Waals surface area contributed by atoms with Crippen LogP contribution in [0.2, 0.25) is 0 Å². The average molecular weight is 789 g/mol. The monoisotopic (exact) mass is 788 g/mol. The van der Waals surface area contributed by atoms with Gasteiger partial charge in [-0.1, -0.05) is 63.2 Å². The number of rotatable bonds is 22. The number of carboxylic acid groups (broad SMARTS) is 1. The van der Waals surface area contributed by atoms with Crippen LogP contribution in [-0.4, -0.2) is 67.7 Å². The fourth-order valence-electron chi connectivity index (χ4n) is 6.71. The van der Waals surface area contributed by atoms with Crippen LogP contribution in [0.25, 0.3) is 10.9 Å². The predicted molar refractivity (Wildman–Crippen MR) is 207 cm³/mol. The minimum absolute atomic E-state index is 0. The van der Waals surface area contributed by atoms with Crippen molar-refractivity contribution < 1.29 is 61.9 Å². The van der Waals surface area contributed by atoms with Crippen LogP contribution in [0.5, 0.6) is 0 Å². The molecule has 2 amide bonds. The summed E-state index contributed by atoms with van der Waals surface area (Å²) in [5.74, 6) is -2.43. The second kappa shape index (κ2) is 23.6. The molecule has 1 fully saturated rings. The van der Waals surface area contributed by atoms with Crippen LogP contribution in [0.15, 0.2) is 48.7 Å². The van der Waals surface area contributed by atoms with Crippen molar-refractivity contribution in [1.29, 1.82) is 0 Å². The molecule has 2 aromatic heterocycles. The Morgan fingerprint density at radius 3 is 2.24 bits per heavy atom. The van der Waals surface area contributed by atoms with E-state index in [0.717, 1.165) is 83.1 Å². The molecule has 0 aliphatic carbocycles. The van der Waals surface area contributed by atoms with Gasteiger partial charge in [0.25, 0.3) is 11.8 Å². The number of anilines is 1. The number of nitrogens with one attached hydrogen (secondary N) is 2. The van der Waals surface area contributed by atoms with Gasteiger partial charge in [-0.15, -0.1) is 0 Å². The number of halogens is 1. The van der Waals surface area contributed by atoms with Crippen molar-refractivity contribution in [2.45, 2.75) is 109 Å². The molecular formula is C40H54FN6NaO6S. The second-order valence-electron chi connectivity index (χ2n) is 13.8. The first-order chi connectivity index (χ1) is 26.0. The zero-order chi connectivity index (χ0) is 38.9. The fraction of sp³-hybridized carbons (Fsp3) is 0.525. The number of fused-ring (bicyclic) bond motifs is 1. The smallest absolute Gasteiger partial charge is 0.550 e. The molecule has 0 radical (unpaired) electrons. The minimum Gasteiger partial charge on any atom is -0.550 e. The number of pyridine rings is 2. The Morgan fingerprint density at radius 2 is 1.56 bits per heavy atom. The SMILES string of the molecule is CNC(=O)c1cc(F)ccc1CNC(=O)c1nc(N2CCCN(C)S2(=O)=O)c2cccnc2c1CCCCCCCC/C=C\CCCCCCCC(=O)[O-].[Na+]. The minimum atomic E-state index is -3.88. The van der Waals surface area contributed by atoms with Gasteiger partial charge in [-0.2, -0.15) is 12.7 Å². The number of hydrogen-bond donors (Lipinski definition) is 2. The quantitative estimate of drug-likeness (QED) is 0.0892. The van der Waals surface area contributed by atoms with Gasteiger partial charge in [-0.25, -0.2) is 13.7 Å². The molecule has 55 heavy (non-hydrogen) atoms. The number of aromatic nitrogens is 2. The predicted octanol–water partition coefficient (Wildman–Crippen LogP) is 2.76.